The highest BCUT2D eigenvalue weighted by Gasteiger charge is 2.11. The minimum atomic E-state index is 0.840. The number of rotatable bonds is 4. The maximum absolute atomic E-state index is 5.11. The van der Waals surface area contributed by atoms with Crippen LogP contribution in [0.4, 0.5) is 5.13 Å². The Bertz CT molecular complexity index is 597. The van der Waals surface area contributed by atoms with Gasteiger partial charge in [-0.25, -0.2) is 4.98 Å². The largest absolute Gasteiger partial charge is 0.472 e. The number of thiazole rings is 1. The van der Waals surface area contributed by atoms with Gasteiger partial charge in [-0.3, -0.25) is 0 Å². The molecule has 1 aromatic carbocycles. The van der Waals surface area contributed by atoms with Crippen molar-refractivity contribution >= 4 is 26.7 Å². The summed E-state index contributed by atoms with van der Waals surface area (Å²) in [6, 6.07) is 10.2. The lowest BCUT2D eigenvalue weighted by Gasteiger charge is -2.18. The van der Waals surface area contributed by atoms with E-state index in [0.29, 0.717) is 0 Å². The number of para-hydroxylation sites is 1. The lowest BCUT2D eigenvalue weighted by Crippen LogP contribution is -2.21. The summed E-state index contributed by atoms with van der Waals surface area (Å²) in [6.45, 7) is 3.92. The van der Waals surface area contributed by atoms with E-state index in [-0.39, 0.29) is 0 Å². The fourth-order valence-corrected chi connectivity index (χ4v) is 2.94. The molecule has 0 saturated carbocycles. The summed E-state index contributed by atoms with van der Waals surface area (Å²) in [5.74, 6) is 0. The zero-order valence-corrected chi connectivity index (χ0v) is 11.0. The van der Waals surface area contributed by atoms with E-state index >= 15 is 0 Å². The molecule has 0 fully saturated rings. The van der Waals surface area contributed by atoms with Crippen LogP contribution in [0.2, 0.25) is 0 Å². The second kappa shape index (κ2) is 4.82. The van der Waals surface area contributed by atoms with Crippen LogP contribution in [0.3, 0.4) is 0 Å². The Balaban J connectivity index is 1.90. The van der Waals surface area contributed by atoms with Gasteiger partial charge in [0, 0.05) is 18.7 Å². The Labute approximate surface area is 110 Å². The minimum absolute atomic E-state index is 0.840. The first-order valence-electron chi connectivity index (χ1n) is 5.98. The van der Waals surface area contributed by atoms with Crippen LogP contribution in [0.15, 0.2) is 47.3 Å². The van der Waals surface area contributed by atoms with Gasteiger partial charge in [0.1, 0.15) is 0 Å². The molecule has 3 nitrogen and oxygen atoms in total. The number of furan rings is 1. The Kier molecular flexibility index (Phi) is 3.02. The number of hydrogen-bond donors (Lipinski definition) is 0. The van der Waals surface area contributed by atoms with Crippen LogP contribution in [-0.2, 0) is 6.54 Å². The van der Waals surface area contributed by atoms with E-state index < -0.39 is 0 Å². The van der Waals surface area contributed by atoms with Crippen molar-refractivity contribution in [3.63, 3.8) is 0 Å². The molecule has 0 radical (unpaired) electrons. The molecule has 4 heteroatoms. The predicted octanol–water partition coefficient (Wildman–Crippen LogP) is 3.92. The number of nitrogens with zero attached hydrogens (tertiary/aromatic N) is 2. The number of anilines is 1. The van der Waals surface area contributed by atoms with Gasteiger partial charge in [0.15, 0.2) is 5.13 Å². The molecule has 2 aromatic heterocycles. The van der Waals surface area contributed by atoms with Crippen LogP contribution in [0.5, 0.6) is 0 Å². The van der Waals surface area contributed by atoms with Gasteiger partial charge in [-0.15, -0.1) is 0 Å². The van der Waals surface area contributed by atoms with E-state index in [9.17, 15) is 0 Å². The van der Waals surface area contributed by atoms with Crippen LogP contribution in [0.1, 0.15) is 12.5 Å². The third-order valence-corrected chi connectivity index (χ3v) is 3.99. The van der Waals surface area contributed by atoms with Crippen LogP contribution < -0.4 is 4.90 Å². The van der Waals surface area contributed by atoms with E-state index in [2.05, 4.69) is 35.0 Å². The Morgan fingerprint density at radius 3 is 2.89 bits per heavy atom. The second-order valence-corrected chi connectivity index (χ2v) is 5.12. The molecule has 0 amide bonds. The van der Waals surface area contributed by atoms with Gasteiger partial charge in [0.2, 0.25) is 0 Å². The topological polar surface area (TPSA) is 29.3 Å². The van der Waals surface area contributed by atoms with Crippen LogP contribution in [0.25, 0.3) is 10.2 Å². The standard InChI is InChI=1S/C14H14N2OS/c1-2-16(9-11-7-8-17-10-11)14-15-12-5-3-4-6-13(12)18-14/h3-8,10H,2,9H2,1H3. The molecule has 0 saturated heterocycles. The molecule has 0 aliphatic rings. The average Bonchev–Trinajstić information content (AvgIpc) is 3.04. The van der Waals surface area contributed by atoms with Crippen molar-refractivity contribution in [2.45, 2.75) is 13.5 Å². The van der Waals surface area contributed by atoms with E-state index in [1.54, 1.807) is 23.9 Å². The molecule has 2 heterocycles. The predicted molar refractivity (Wildman–Crippen MR) is 75.1 cm³/mol. The molecule has 18 heavy (non-hydrogen) atoms. The molecule has 3 aromatic rings. The molecule has 0 unspecified atom stereocenters. The van der Waals surface area contributed by atoms with Gasteiger partial charge >= 0.3 is 0 Å². The van der Waals surface area contributed by atoms with Gasteiger partial charge in [0.25, 0.3) is 0 Å². The first-order valence-corrected chi connectivity index (χ1v) is 6.80. The van der Waals surface area contributed by atoms with Gasteiger partial charge < -0.3 is 9.32 Å². The number of hydrogen-bond acceptors (Lipinski definition) is 4. The summed E-state index contributed by atoms with van der Waals surface area (Å²) in [5.41, 5.74) is 2.25. The lowest BCUT2D eigenvalue weighted by atomic mass is 10.3. The molecule has 0 bridgehead atoms. The van der Waals surface area contributed by atoms with E-state index in [1.165, 1.54) is 10.3 Å². The third-order valence-electron chi connectivity index (χ3n) is 2.89. The van der Waals surface area contributed by atoms with Gasteiger partial charge in [-0.1, -0.05) is 23.5 Å². The van der Waals surface area contributed by atoms with Crippen molar-refractivity contribution in [1.29, 1.82) is 0 Å². The highest BCUT2D eigenvalue weighted by molar-refractivity contribution is 7.22. The Hall–Kier alpha value is -1.81. The number of benzene rings is 1. The van der Waals surface area contributed by atoms with E-state index in [0.717, 1.165) is 23.7 Å². The molecular formula is C14H14N2OS. The first-order chi connectivity index (χ1) is 8.86. The fourth-order valence-electron chi connectivity index (χ4n) is 1.91. The van der Waals surface area contributed by atoms with Crippen LogP contribution in [0, 0.1) is 0 Å². The van der Waals surface area contributed by atoms with Crippen molar-refractivity contribution in [3.8, 4) is 0 Å². The van der Waals surface area contributed by atoms with Gasteiger partial charge in [-0.05, 0) is 25.1 Å². The summed E-state index contributed by atoms with van der Waals surface area (Å²) < 4.78 is 6.35. The van der Waals surface area contributed by atoms with Gasteiger partial charge in [0.05, 0.1) is 22.7 Å². The van der Waals surface area contributed by atoms with Crippen molar-refractivity contribution in [2.75, 3.05) is 11.4 Å². The monoisotopic (exact) mass is 258 g/mol. The van der Waals surface area contributed by atoms with Crippen molar-refractivity contribution in [2.24, 2.45) is 0 Å². The van der Waals surface area contributed by atoms with Crippen molar-refractivity contribution < 1.29 is 4.42 Å². The summed E-state index contributed by atoms with van der Waals surface area (Å²) in [4.78, 5) is 6.94. The normalized spacial score (nSPS) is 10.9. The summed E-state index contributed by atoms with van der Waals surface area (Å²) in [6.07, 6.45) is 3.50. The third kappa shape index (κ3) is 2.11. The van der Waals surface area contributed by atoms with Crippen molar-refractivity contribution in [1.82, 2.24) is 4.98 Å². The summed E-state index contributed by atoms with van der Waals surface area (Å²) >= 11 is 1.74. The fraction of sp³-hybridized carbons (Fsp3) is 0.214. The SMILES string of the molecule is CCN(Cc1ccoc1)c1nc2ccccc2s1. The highest BCUT2D eigenvalue weighted by atomic mass is 32.1. The van der Waals surface area contributed by atoms with Crippen LogP contribution >= 0.6 is 11.3 Å². The lowest BCUT2D eigenvalue weighted by molar-refractivity contribution is 0.563. The molecule has 0 spiro atoms. The van der Waals surface area contributed by atoms with Crippen molar-refractivity contribution in [3.05, 3.63) is 48.4 Å². The zero-order chi connectivity index (χ0) is 12.4. The molecular weight excluding hydrogens is 244 g/mol. The molecule has 92 valence electrons. The maximum atomic E-state index is 5.11. The highest BCUT2D eigenvalue weighted by Crippen LogP contribution is 2.29. The quantitative estimate of drug-likeness (QED) is 0.710. The zero-order valence-electron chi connectivity index (χ0n) is 10.2. The Morgan fingerprint density at radius 2 is 2.17 bits per heavy atom. The minimum Gasteiger partial charge on any atom is -0.472 e. The molecule has 0 aliphatic heterocycles. The smallest absolute Gasteiger partial charge is 0.186 e. The molecule has 3 rings (SSSR count). The summed E-state index contributed by atoms with van der Waals surface area (Å²) in [5, 5.41) is 1.07. The van der Waals surface area contributed by atoms with Gasteiger partial charge in [-0.2, -0.15) is 0 Å². The summed E-state index contributed by atoms with van der Waals surface area (Å²) in [7, 11) is 0. The Morgan fingerprint density at radius 1 is 1.28 bits per heavy atom. The second-order valence-electron chi connectivity index (χ2n) is 4.11. The first kappa shape index (κ1) is 11.3. The van der Waals surface area contributed by atoms with Crippen LogP contribution in [-0.4, -0.2) is 11.5 Å². The molecule has 0 aliphatic carbocycles. The molecule has 0 atom stereocenters. The van der Waals surface area contributed by atoms with E-state index in [1.807, 2.05) is 12.1 Å². The average molecular weight is 258 g/mol. The maximum Gasteiger partial charge on any atom is 0.186 e. The number of aromatic nitrogens is 1. The van der Waals surface area contributed by atoms with E-state index in [4.69, 9.17) is 4.42 Å². The molecule has 0 N–H and O–H groups in total. The number of fused-ring (bicyclic) bond motifs is 1.